The lowest BCUT2D eigenvalue weighted by Gasteiger charge is -1.95. The van der Waals surface area contributed by atoms with Gasteiger partial charge in [-0.2, -0.15) is 0 Å². The maximum Gasteiger partial charge on any atom is 0.300 e. The van der Waals surface area contributed by atoms with E-state index in [0.29, 0.717) is 0 Å². The van der Waals surface area contributed by atoms with Gasteiger partial charge in [-0.05, 0) is 13.1 Å². The molecule has 0 atom stereocenters. The molecular formula is C2H8NOSi. The molecular weight excluding hydrogens is 82.1 g/mol. The molecule has 0 saturated heterocycles. The number of nitrogens with two attached hydrogens (primary N) is 1. The quantitative estimate of drug-likeness (QED) is 0.420. The van der Waals surface area contributed by atoms with Crippen LogP contribution in [0.25, 0.3) is 0 Å². The molecule has 2 nitrogen and oxygen atoms in total. The van der Waals surface area contributed by atoms with Crippen molar-refractivity contribution in [2.24, 2.45) is 5.40 Å². The van der Waals surface area contributed by atoms with E-state index in [2.05, 4.69) is 0 Å². The van der Waals surface area contributed by atoms with Gasteiger partial charge in [0.25, 0.3) is 0 Å². The third-order valence-electron chi connectivity index (χ3n) is 0. The average Bonchev–Trinajstić information content (AvgIpc) is 0.722. The van der Waals surface area contributed by atoms with Crippen molar-refractivity contribution < 1.29 is 4.80 Å². The lowest BCUT2D eigenvalue weighted by Crippen LogP contribution is -2.35. The van der Waals surface area contributed by atoms with E-state index in [4.69, 9.17) is 5.40 Å². The molecule has 0 rings (SSSR count). The summed E-state index contributed by atoms with van der Waals surface area (Å²) in [5.41, 5.74) is 0. The first-order valence-electron chi connectivity index (χ1n) is 1.49. The first-order valence-corrected chi connectivity index (χ1v) is 4.48. The van der Waals surface area contributed by atoms with Crippen LogP contribution in [0.3, 0.4) is 0 Å². The first-order chi connectivity index (χ1) is 2.00. The molecule has 0 saturated carbocycles. The monoisotopic (exact) mass is 90.0 g/mol. The van der Waals surface area contributed by atoms with Gasteiger partial charge >= 0.3 is 8.48 Å². The molecule has 0 aromatic carbocycles. The maximum atomic E-state index is 10.0. The lowest BCUT2D eigenvalue weighted by molar-refractivity contribution is 0.430. The summed E-state index contributed by atoms with van der Waals surface area (Å²) in [5.74, 6) is 0. The minimum Gasteiger partial charge on any atom is -0.328 e. The maximum absolute atomic E-state index is 10.0. The average molecular weight is 90.2 g/mol. The van der Waals surface area contributed by atoms with Crippen molar-refractivity contribution in [1.29, 1.82) is 0 Å². The van der Waals surface area contributed by atoms with Gasteiger partial charge in [0, 0.05) is 0 Å². The van der Waals surface area contributed by atoms with Crippen molar-refractivity contribution in [2.45, 2.75) is 13.1 Å². The molecule has 2 N–H and O–H groups in total. The van der Waals surface area contributed by atoms with Crippen LogP contribution < -0.4 is 5.40 Å². The molecule has 5 heavy (non-hydrogen) atoms. The molecule has 0 fully saturated rings. The largest absolute Gasteiger partial charge is 0.328 e. The van der Waals surface area contributed by atoms with Crippen LogP contribution in [0.2, 0.25) is 13.1 Å². The van der Waals surface area contributed by atoms with E-state index in [9.17, 15) is 4.80 Å². The second-order valence-corrected chi connectivity index (χ2v) is 4.81. The molecule has 0 spiro atoms. The van der Waals surface area contributed by atoms with Gasteiger partial charge in [-0.25, -0.2) is 0 Å². The molecule has 0 aliphatic heterocycles. The molecule has 0 amide bonds. The Bertz CT molecular complexity index is 25.1. The van der Waals surface area contributed by atoms with E-state index < -0.39 is 8.48 Å². The zero-order valence-electron chi connectivity index (χ0n) is 3.49. The highest BCUT2D eigenvalue weighted by Crippen LogP contribution is 1.78. The highest BCUT2D eigenvalue weighted by Gasteiger charge is 2.09. The summed E-state index contributed by atoms with van der Waals surface area (Å²) in [5, 5.41) is 4.94. The number of hydrogen-bond donors (Lipinski definition) is 1. The minimum absolute atomic E-state index is 1.55. The molecule has 1 radical (unpaired) electrons. The third-order valence-corrected chi connectivity index (χ3v) is 0. The second kappa shape index (κ2) is 1.08. The fourth-order valence-electron chi connectivity index (χ4n) is 0. The van der Waals surface area contributed by atoms with Crippen LogP contribution in [-0.4, -0.2) is 8.48 Å². The molecule has 0 aliphatic rings. The van der Waals surface area contributed by atoms with Crippen LogP contribution >= 0.6 is 0 Å². The van der Waals surface area contributed by atoms with Gasteiger partial charge in [0.1, 0.15) is 0 Å². The summed E-state index contributed by atoms with van der Waals surface area (Å²) in [6, 6.07) is 0. The Kier molecular flexibility index (Phi) is 1.11. The zero-order valence-corrected chi connectivity index (χ0v) is 4.49. The van der Waals surface area contributed by atoms with E-state index in [-0.39, 0.29) is 0 Å². The van der Waals surface area contributed by atoms with Crippen LogP contribution in [0.4, 0.5) is 0 Å². The van der Waals surface area contributed by atoms with Crippen LogP contribution in [0.15, 0.2) is 0 Å². The predicted molar refractivity (Wildman–Crippen MR) is 22.4 cm³/mol. The summed E-state index contributed by atoms with van der Waals surface area (Å²) in [6.45, 7) is 3.10. The first kappa shape index (κ1) is 5.14. The number of hydrogen-bond acceptors (Lipinski definition) is 1. The molecule has 0 aromatic heterocycles. The third kappa shape index (κ3) is 1010. The van der Waals surface area contributed by atoms with E-state index in [1.165, 1.54) is 0 Å². The Hall–Kier alpha value is 0.137. The Morgan fingerprint density at radius 2 is 1.60 bits per heavy atom. The van der Waals surface area contributed by atoms with Crippen LogP contribution in [-0.2, 0) is 4.80 Å². The normalized spacial score (nSPS) is 12.0. The molecule has 0 aliphatic carbocycles. The van der Waals surface area contributed by atoms with Gasteiger partial charge in [0.15, 0.2) is 0 Å². The summed E-state index contributed by atoms with van der Waals surface area (Å²) >= 11 is 0. The fraction of sp³-hybridized carbons (Fsp3) is 1.00. The Morgan fingerprint density at radius 3 is 1.60 bits per heavy atom. The molecule has 0 aromatic rings. The Balaban J connectivity index is 3.02. The zero-order chi connectivity index (χ0) is 4.50. The van der Waals surface area contributed by atoms with Gasteiger partial charge in [0.2, 0.25) is 0 Å². The van der Waals surface area contributed by atoms with Crippen molar-refractivity contribution in [3.8, 4) is 0 Å². The van der Waals surface area contributed by atoms with Crippen molar-refractivity contribution in [3.63, 3.8) is 0 Å². The predicted octanol–water partition coefficient (Wildman–Crippen LogP) is 0.0774. The topological polar surface area (TPSA) is 45.9 Å². The smallest absolute Gasteiger partial charge is 0.300 e. The Labute approximate surface area is 32.8 Å². The van der Waals surface area contributed by atoms with Crippen molar-refractivity contribution in [3.05, 3.63) is 0 Å². The molecule has 31 valence electrons. The molecule has 0 unspecified atom stereocenters. The summed E-state index contributed by atoms with van der Waals surface area (Å²) in [4.78, 5) is 10.0. The van der Waals surface area contributed by atoms with Gasteiger partial charge in [-0.3, -0.25) is 4.80 Å². The molecule has 0 heterocycles. The second-order valence-electron chi connectivity index (χ2n) is 1.60. The van der Waals surface area contributed by atoms with Crippen molar-refractivity contribution >= 4 is 8.48 Å². The van der Waals surface area contributed by atoms with E-state index in [0.717, 1.165) is 0 Å². The Morgan fingerprint density at radius 1 is 1.60 bits per heavy atom. The molecule has 0 bridgehead atoms. The summed E-state index contributed by atoms with van der Waals surface area (Å²) in [6.07, 6.45) is 0. The van der Waals surface area contributed by atoms with Gasteiger partial charge < -0.3 is 5.40 Å². The van der Waals surface area contributed by atoms with Crippen LogP contribution in [0.1, 0.15) is 0 Å². The van der Waals surface area contributed by atoms with Crippen LogP contribution in [0, 0.1) is 0 Å². The van der Waals surface area contributed by atoms with Crippen LogP contribution in [0.5, 0.6) is 0 Å². The standard InChI is InChI=1S/C2H8NOSi/c1-5(2,3)4/h3H2,1-2H3. The van der Waals surface area contributed by atoms with Gasteiger partial charge in [-0.15, -0.1) is 0 Å². The van der Waals surface area contributed by atoms with Crippen molar-refractivity contribution in [1.82, 2.24) is 0 Å². The molecule has 3 heteroatoms. The summed E-state index contributed by atoms with van der Waals surface area (Å²) < 4.78 is 0. The van der Waals surface area contributed by atoms with Gasteiger partial charge in [0.05, 0.1) is 0 Å². The lowest BCUT2D eigenvalue weighted by atomic mass is 11.9. The van der Waals surface area contributed by atoms with E-state index in [1.807, 2.05) is 0 Å². The SMILES string of the molecule is C[Si](C)(N)[O]. The number of rotatable bonds is 0. The van der Waals surface area contributed by atoms with Gasteiger partial charge in [-0.1, -0.05) is 0 Å². The minimum atomic E-state index is -2.36. The van der Waals surface area contributed by atoms with Crippen molar-refractivity contribution in [2.75, 3.05) is 0 Å². The highest BCUT2D eigenvalue weighted by molar-refractivity contribution is 6.65. The summed E-state index contributed by atoms with van der Waals surface area (Å²) in [7, 11) is -2.36. The highest BCUT2D eigenvalue weighted by atomic mass is 28.4. The van der Waals surface area contributed by atoms with E-state index in [1.54, 1.807) is 13.1 Å². The van der Waals surface area contributed by atoms with E-state index >= 15 is 0 Å². The fourth-order valence-corrected chi connectivity index (χ4v) is 0.